The number of hydrogen-bond donors (Lipinski definition) is 0. The highest BCUT2D eigenvalue weighted by Gasteiger charge is 2.31. The van der Waals surface area contributed by atoms with Crippen LogP contribution in [0.15, 0.2) is 53.1 Å². The van der Waals surface area contributed by atoms with Gasteiger partial charge in [0.1, 0.15) is 5.75 Å². The van der Waals surface area contributed by atoms with E-state index >= 15 is 0 Å². The fourth-order valence-electron chi connectivity index (χ4n) is 3.64. The van der Waals surface area contributed by atoms with Crippen molar-refractivity contribution in [2.24, 2.45) is 0 Å². The Hall–Kier alpha value is -2.91. The third-order valence-corrected chi connectivity index (χ3v) is 5.33. The molecule has 0 atom stereocenters. The van der Waals surface area contributed by atoms with E-state index in [-0.39, 0.29) is 11.4 Å². The van der Waals surface area contributed by atoms with E-state index in [0.29, 0.717) is 12.4 Å². The zero-order valence-corrected chi connectivity index (χ0v) is 17.1. The lowest BCUT2D eigenvalue weighted by molar-refractivity contribution is -0.137. The van der Waals surface area contributed by atoms with Crippen LogP contribution in [-0.2, 0) is 19.3 Å². The number of piperazine rings is 1. The summed E-state index contributed by atoms with van der Waals surface area (Å²) in [6.07, 6.45) is -4.41. The van der Waals surface area contributed by atoms with E-state index in [1.54, 1.807) is 13.2 Å². The number of benzene rings is 2. The van der Waals surface area contributed by atoms with E-state index in [9.17, 15) is 13.2 Å². The molecule has 3 aromatic rings. The summed E-state index contributed by atoms with van der Waals surface area (Å²) >= 11 is 0. The van der Waals surface area contributed by atoms with Gasteiger partial charge in [0.05, 0.1) is 19.2 Å². The van der Waals surface area contributed by atoms with Crippen LogP contribution >= 0.6 is 0 Å². The quantitative estimate of drug-likeness (QED) is 0.585. The number of halogens is 3. The number of alkyl halides is 3. The molecule has 0 radical (unpaired) electrons. The van der Waals surface area contributed by atoms with Crippen LogP contribution in [0.3, 0.4) is 0 Å². The molecule has 164 valence electrons. The zero-order valence-electron chi connectivity index (χ0n) is 17.1. The second kappa shape index (κ2) is 9.07. The van der Waals surface area contributed by atoms with Crippen LogP contribution in [0.25, 0.3) is 11.4 Å². The molecular weight excluding hydrogens is 409 g/mol. The summed E-state index contributed by atoms with van der Waals surface area (Å²) < 4.78 is 49.5. The molecule has 1 saturated heterocycles. The highest BCUT2D eigenvalue weighted by Crippen LogP contribution is 2.31. The smallest absolute Gasteiger partial charge is 0.416 e. The Kier molecular flexibility index (Phi) is 6.24. The molecular formula is C22H23F3N4O2. The Labute approximate surface area is 178 Å². The molecule has 1 fully saturated rings. The lowest BCUT2D eigenvalue weighted by Crippen LogP contribution is -2.45. The molecule has 1 aliphatic rings. The number of aromatic nitrogens is 2. The summed E-state index contributed by atoms with van der Waals surface area (Å²) in [6, 6.07) is 12.9. The maximum Gasteiger partial charge on any atom is 0.416 e. The van der Waals surface area contributed by atoms with Crippen LogP contribution in [0.5, 0.6) is 5.75 Å². The summed E-state index contributed by atoms with van der Waals surface area (Å²) in [7, 11) is 1.68. The maximum absolute atomic E-state index is 12.9. The third kappa shape index (κ3) is 5.23. The largest absolute Gasteiger partial charge is 0.496 e. The van der Waals surface area contributed by atoms with Crippen molar-refractivity contribution in [2.45, 2.75) is 19.3 Å². The number of nitrogens with zero attached hydrogens (tertiary/aromatic N) is 4. The highest BCUT2D eigenvalue weighted by atomic mass is 19.4. The normalized spacial score (nSPS) is 15.9. The van der Waals surface area contributed by atoms with Crippen LogP contribution in [0.1, 0.15) is 17.0 Å². The van der Waals surface area contributed by atoms with Crippen molar-refractivity contribution in [1.82, 2.24) is 19.9 Å². The predicted molar refractivity (Wildman–Crippen MR) is 108 cm³/mol. The molecule has 2 aromatic carbocycles. The fraction of sp³-hybridized carbons (Fsp3) is 0.364. The molecule has 31 heavy (non-hydrogen) atoms. The third-order valence-electron chi connectivity index (χ3n) is 5.33. The molecule has 4 rings (SSSR count). The first-order valence-corrected chi connectivity index (χ1v) is 9.99. The molecule has 1 aromatic heterocycles. The Bertz CT molecular complexity index is 1010. The van der Waals surface area contributed by atoms with Crippen molar-refractivity contribution < 1.29 is 22.4 Å². The van der Waals surface area contributed by atoms with Gasteiger partial charge in [-0.05, 0) is 18.2 Å². The van der Waals surface area contributed by atoms with Crippen molar-refractivity contribution in [3.63, 3.8) is 0 Å². The number of rotatable bonds is 6. The van der Waals surface area contributed by atoms with E-state index in [1.165, 1.54) is 6.07 Å². The molecule has 0 saturated carbocycles. The number of para-hydroxylation sites is 1. The molecule has 0 unspecified atom stereocenters. The van der Waals surface area contributed by atoms with Gasteiger partial charge >= 0.3 is 6.18 Å². The number of ether oxygens (including phenoxy) is 1. The van der Waals surface area contributed by atoms with Crippen LogP contribution in [0.2, 0.25) is 0 Å². The molecule has 0 N–H and O–H groups in total. The van der Waals surface area contributed by atoms with E-state index < -0.39 is 11.7 Å². The molecule has 0 amide bonds. The number of hydrogen-bond acceptors (Lipinski definition) is 6. The average Bonchev–Trinajstić information content (AvgIpc) is 3.23. The standard InChI is InChI=1S/C22H23F3N4O2/c1-30-19-8-3-2-5-17(19)14-28-9-11-29(12-10-28)15-20-26-21(27-31-20)16-6-4-7-18(13-16)22(23,24)25/h2-8,13H,9-12,14-15H2,1H3. The van der Waals surface area contributed by atoms with E-state index in [4.69, 9.17) is 9.26 Å². The van der Waals surface area contributed by atoms with Crippen LogP contribution in [-0.4, -0.2) is 53.2 Å². The van der Waals surface area contributed by atoms with Gasteiger partial charge in [0.25, 0.3) is 0 Å². The van der Waals surface area contributed by atoms with E-state index in [2.05, 4.69) is 26.0 Å². The van der Waals surface area contributed by atoms with Gasteiger partial charge in [-0.25, -0.2) is 0 Å². The Morgan fingerprint density at radius 1 is 0.968 bits per heavy atom. The maximum atomic E-state index is 12.9. The Morgan fingerprint density at radius 2 is 1.68 bits per heavy atom. The van der Waals surface area contributed by atoms with E-state index in [1.807, 2.05) is 18.2 Å². The van der Waals surface area contributed by atoms with Gasteiger partial charge < -0.3 is 9.26 Å². The molecule has 1 aliphatic heterocycles. The molecule has 9 heteroatoms. The van der Waals surface area contributed by atoms with Crippen LogP contribution < -0.4 is 4.74 Å². The van der Waals surface area contributed by atoms with Gasteiger partial charge in [0, 0.05) is 43.9 Å². The molecule has 2 heterocycles. The molecule has 0 bridgehead atoms. The van der Waals surface area contributed by atoms with Crippen LogP contribution in [0.4, 0.5) is 13.2 Å². The van der Waals surface area contributed by atoms with Gasteiger partial charge in [-0.15, -0.1) is 0 Å². The summed E-state index contributed by atoms with van der Waals surface area (Å²) in [5, 5.41) is 3.86. The van der Waals surface area contributed by atoms with Crippen molar-refractivity contribution in [3.8, 4) is 17.1 Å². The lowest BCUT2D eigenvalue weighted by atomic mass is 10.1. The van der Waals surface area contributed by atoms with Gasteiger partial charge in [-0.1, -0.05) is 35.5 Å². The summed E-state index contributed by atoms with van der Waals surface area (Å²) in [4.78, 5) is 8.84. The fourth-order valence-corrected chi connectivity index (χ4v) is 3.64. The Morgan fingerprint density at radius 3 is 2.39 bits per heavy atom. The summed E-state index contributed by atoms with van der Waals surface area (Å²) in [5.74, 6) is 1.44. The van der Waals surface area contributed by atoms with Crippen molar-refractivity contribution in [2.75, 3.05) is 33.3 Å². The summed E-state index contributed by atoms with van der Waals surface area (Å²) in [5.41, 5.74) is 0.704. The average molecular weight is 432 g/mol. The monoisotopic (exact) mass is 432 g/mol. The van der Waals surface area contributed by atoms with Gasteiger partial charge in [0.2, 0.25) is 11.7 Å². The SMILES string of the molecule is COc1ccccc1CN1CCN(Cc2nc(-c3cccc(C(F)(F)F)c3)no2)CC1. The number of methoxy groups -OCH3 is 1. The van der Waals surface area contributed by atoms with Crippen LogP contribution in [0, 0.1) is 0 Å². The minimum absolute atomic E-state index is 0.163. The molecule has 0 aliphatic carbocycles. The zero-order chi connectivity index (χ0) is 21.8. The second-order valence-electron chi connectivity index (χ2n) is 7.45. The topological polar surface area (TPSA) is 54.6 Å². The highest BCUT2D eigenvalue weighted by molar-refractivity contribution is 5.55. The second-order valence-corrected chi connectivity index (χ2v) is 7.45. The minimum Gasteiger partial charge on any atom is -0.496 e. The Balaban J connectivity index is 1.33. The van der Waals surface area contributed by atoms with Gasteiger partial charge in [0.15, 0.2) is 0 Å². The molecule has 0 spiro atoms. The summed E-state index contributed by atoms with van der Waals surface area (Å²) in [6.45, 7) is 4.71. The lowest BCUT2D eigenvalue weighted by Gasteiger charge is -2.34. The van der Waals surface area contributed by atoms with E-state index in [0.717, 1.165) is 56.2 Å². The van der Waals surface area contributed by atoms with Crippen molar-refractivity contribution in [1.29, 1.82) is 0 Å². The molecule has 6 nitrogen and oxygen atoms in total. The van der Waals surface area contributed by atoms with Crippen molar-refractivity contribution >= 4 is 0 Å². The first-order valence-electron chi connectivity index (χ1n) is 9.99. The first-order chi connectivity index (χ1) is 14.9. The predicted octanol–water partition coefficient (Wildman–Crippen LogP) is 4.08. The first kappa shape index (κ1) is 21.3. The van der Waals surface area contributed by atoms with Crippen molar-refractivity contribution in [3.05, 3.63) is 65.5 Å². The van der Waals surface area contributed by atoms with Gasteiger partial charge in [-0.2, -0.15) is 18.2 Å². The minimum atomic E-state index is -4.41. The van der Waals surface area contributed by atoms with Gasteiger partial charge in [-0.3, -0.25) is 9.80 Å².